The highest BCUT2D eigenvalue weighted by atomic mass is 33.1. The van der Waals surface area contributed by atoms with Gasteiger partial charge in [-0.2, -0.15) is 0 Å². The Hall–Kier alpha value is 0.170. The molecule has 0 aromatic heterocycles. The molecule has 13 heavy (non-hydrogen) atoms. The van der Waals surface area contributed by atoms with Crippen molar-refractivity contribution < 1.29 is 4.79 Å². The molecule has 0 N–H and O–H groups in total. The topological polar surface area (TPSA) is 20.3 Å². The lowest BCUT2D eigenvalue weighted by molar-refractivity contribution is -0.135. The Morgan fingerprint density at radius 3 is 2.23 bits per heavy atom. The highest BCUT2D eigenvalue weighted by Gasteiger charge is 2.46. The van der Waals surface area contributed by atoms with Gasteiger partial charge in [-0.25, -0.2) is 0 Å². The summed E-state index contributed by atoms with van der Waals surface area (Å²) in [7, 11) is 3.78. The minimum absolute atomic E-state index is 0.0275. The maximum atomic E-state index is 11.9. The molecule has 1 aliphatic heterocycles. The third kappa shape index (κ3) is 2.15. The van der Waals surface area contributed by atoms with Gasteiger partial charge in [-0.1, -0.05) is 28.5 Å². The van der Waals surface area contributed by atoms with Crippen molar-refractivity contribution >= 4 is 27.5 Å². The van der Waals surface area contributed by atoms with Gasteiger partial charge in [0.15, 0.2) is 0 Å². The summed E-state index contributed by atoms with van der Waals surface area (Å²) in [5, 5.41) is 0. The fraction of sp³-hybridized carbons (Fsp3) is 0.889. The summed E-state index contributed by atoms with van der Waals surface area (Å²) in [5.41, 5.74) is 0.0275. The molecule has 1 heterocycles. The Morgan fingerprint density at radius 1 is 1.23 bits per heavy atom. The van der Waals surface area contributed by atoms with E-state index in [0.717, 1.165) is 37.4 Å². The smallest absolute Gasteiger partial charge is 0.228 e. The van der Waals surface area contributed by atoms with Crippen molar-refractivity contribution in [1.82, 2.24) is 4.90 Å². The van der Waals surface area contributed by atoms with E-state index in [0.29, 0.717) is 5.91 Å². The van der Waals surface area contributed by atoms with E-state index in [-0.39, 0.29) is 5.41 Å². The van der Waals surface area contributed by atoms with Crippen LogP contribution < -0.4 is 0 Å². The summed E-state index contributed by atoms with van der Waals surface area (Å²) < 4.78 is 0. The average Bonchev–Trinajstić information content (AvgIpc) is 2.88. The summed E-state index contributed by atoms with van der Waals surface area (Å²) >= 11 is 0. The predicted molar refractivity (Wildman–Crippen MR) is 58.8 cm³/mol. The van der Waals surface area contributed by atoms with E-state index in [2.05, 4.69) is 11.8 Å². The van der Waals surface area contributed by atoms with E-state index >= 15 is 0 Å². The standard InChI is InChI=1S/C9H15NOS2/c1-9(2-3-9)8(11)10-4-6-12-13-7-5-10/h2-7H2,1H3. The number of nitrogens with zero attached hydrogens (tertiary/aromatic N) is 1. The monoisotopic (exact) mass is 217 g/mol. The molecule has 0 aromatic carbocycles. The van der Waals surface area contributed by atoms with Gasteiger partial charge in [-0.05, 0) is 12.8 Å². The molecular formula is C9H15NOS2. The first-order chi connectivity index (χ1) is 6.22. The van der Waals surface area contributed by atoms with Crippen LogP contribution >= 0.6 is 21.6 Å². The minimum atomic E-state index is 0.0275. The lowest BCUT2D eigenvalue weighted by Gasteiger charge is -2.23. The number of rotatable bonds is 1. The summed E-state index contributed by atoms with van der Waals surface area (Å²) in [6, 6.07) is 0. The van der Waals surface area contributed by atoms with E-state index < -0.39 is 0 Å². The van der Waals surface area contributed by atoms with Crippen molar-refractivity contribution in [3.63, 3.8) is 0 Å². The second-order valence-electron chi connectivity index (χ2n) is 4.00. The van der Waals surface area contributed by atoms with Gasteiger partial charge in [0.2, 0.25) is 5.91 Å². The van der Waals surface area contributed by atoms with Gasteiger partial charge < -0.3 is 4.90 Å². The highest BCUT2D eigenvalue weighted by Crippen LogP contribution is 2.46. The molecule has 1 amide bonds. The minimum Gasteiger partial charge on any atom is -0.341 e. The lowest BCUT2D eigenvalue weighted by Crippen LogP contribution is -2.38. The number of amides is 1. The fourth-order valence-electron chi connectivity index (χ4n) is 1.51. The van der Waals surface area contributed by atoms with Gasteiger partial charge in [-0.3, -0.25) is 4.79 Å². The summed E-state index contributed by atoms with van der Waals surface area (Å²) in [4.78, 5) is 14.0. The normalized spacial score (nSPS) is 26.7. The zero-order chi connectivity index (χ0) is 9.31. The van der Waals surface area contributed by atoms with Crippen LogP contribution in [0.5, 0.6) is 0 Å². The molecule has 1 saturated heterocycles. The zero-order valence-corrected chi connectivity index (χ0v) is 9.55. The molecule has 1 aliphatic carbocycles. The summed E-state index contributed by atoms with van der Waals surface area (Å²) in [6.07, 6.45) is 2.20. The largest absolute Gasteiger partial charge is 0.341 e. The molecule has 1 saturated carbocycles. The molecule has 74 valence electrons. The Morgan fingerprint density at radius 2 is 1.77 bits per heavy atom. The quantitative estimate of drug-likeness (QED) is 0.627. The number of carbonyl (C=O) groups is 1. The van der Waals surface area contributed by atoms with Crippen molar-refractivity contribution in [2.45, 2.75) is 19.8 Å². The van der Waals surface area contributed by atoms with Crippen LogP contribution in [0, 0.1) is 5.41 Å². The van der Waals surface area contributed by atoms with Crippen LogP contribution in [0.4, 0.5) is 0 Å². The molecule has 0 unspecified atom stereocenters. The van der Waals surface area contributed by atoms with Crippen LogP contribution in [0.1, 0.15) is 19.8 Å². The molecule has 4 heteroatoms. The highest BCUT2D eigenvalue weighted by molar-refractivity contribution is 8.76. The number of hydrogen-bond donors (Lipinski definition) is 0. The maximum Gasteiger partial charge on any atom is 0.228 e. The first kappa shape index (κ1) is 9.71. The molecule has 2 fully saturated rings. The maximum absolute atomic E-state index is 11.9. The van der Waals surface area contributed by atoms with Gasteiger partial charge in [0.05, 0.1) is 0 Å². The van der Waals surface area contributed by atoms with E-state index in [4.69, 9.17) is 0 Å². The number of hydrogen-bond acceptors (Lipinski definition) is 3. The van der Waals surface area contributed by atoms with Crippen molar-refractivity contribution in [1.29, 1.82) is 0 Å². The van der Waals surface area contributed by atoms with Gasteiger partial charge in [0.1, 0.15) is 0 Å². The predicted octanol–water partition coefficient (Wildman–Crippen LogP) is 2.01. The zero-order valence-electron chi connectivity index (χ0n) is 7.91. The molecule has 0 spiro atoms. The van der Waals surface area contributed by atoms with Gasteiger partial charge >= 0.3 is 0 Å². The third-order valence-electron chi connectivity index (χ3n) is 2.78. The Balaban J connectivity index is 1.94. The van der Waals surface area contributed by atoms with Crippen LogP contribution in [-0.2, 0) is 4.79 Å². The van der Waals surface area contributed by atoms with E-state index in [1.165, 1.54) is 0 Å². The fourth-order valence-corrected chi connectivity index (χ4v) is 3.49. The molecule has 2 rings (SSSR count). The second kappa shape index (κ2) is 3.73. The van der Waals surface area contributed by atoms with Crippen LogP contribution in [0.15, 0.2) is 0 Å². The van der Waals surface area contributed by atoms with E-state index in [1.807, 2.05) is 21.6 Å². The van der Waals surface area contributed by atoms with E-state index in [1.54, 1.807) is 0 Å². The van der Waals surface area contributed by atoms with Crippen molar-refractivity contribution in [2.75, 3.05) is 24.6 Å². The van der Waals surface area contributed by atoms with Crippen LogP contribution in [0.2, 0.25) is 0 Å². The van der Waals surface area contributed by atoms with E-state index in [9.17, 15) is 4.79 Å². The number of carbonyl (C=O) groups excluding carboxylic acids is 1. The van der Waals surface area contributed by atoms with Gasteiger partial charge in [0.25, 0.3) is 0 Å². The van der Waals surface area contributed by atoms with Gasteiger partial charge in [-0.15, -0.1) is 0 Å². The van der Waals surface area contributed by atoms with Crippen molar-refractivity contribution in [2.24, 2.45) is 5.41 Å². The van der Waals surface area contributed by atoms with Crippen LogP contribution in [0.3, 0.4) is 0 Å². The van der Waals surface area contributed by atoms with Crippen molar-refractivity contribution in [3.05, 3.63) is 0 Å². The molecule has 0 atom stereocenters. The van der Waals surface area contributed by atoms with Crippen LogP contribution in [0.25, 0.3) is 0 Å². The molecule has 0 aromatic rings. The second-order valence-corrected chi connectivity index (χ2v) is 6.70. The Bertz CT molecular complexity index is 208. The average molecular weight is 217 g/mol. The Kier molecular flexibility index (Phi) is 2.79. The van der Waals surface area contributed by atoms with Gasteiger partial charge in [0, 0.05) is 30.0 Å². The molecule has 2 nitrogen and oxygen atoms in total. The molecular weight excluding hydrogens is 202 g/mol. The SMILES string of the molecule is CC1(C(=O)N2CCSSCC2)CC1. The first-order valence-electron chi connectivity index (χ1n) is 4.76. The third-order valence-corrected chi connectivity index (χ3v) is 5.14. The summed E-state index contributed by atoms with van der Waals surface area (Å²) in [5.74, 6) is 2.58. The summed E-state index contributed by atoms with van der Waals surface area (Å²) in [6.45, 7) is 4.00. The molecule has 0 radical (unpaired) electrons. The molecule has 0 bridgehead atoms. The Labute approximate surface area is 87.2 Å². The molecule has 2 aliphatic rings. The van der Waals surface area contributed by atoms with Crippen molar-refractivity contribution in [3.8, 4) is 0 Å². The lowest BCUT2D eigenvalue weighted by atomic mass is 10.1. The first-order valence-corrected chi connectivity index (χ1v) is 7.25. The van der Waals surface area contributed by atoms with Crippen LogP contribution in [-0.4, -0.2) is 35.4 Å².